The maximum atomic E-state index is 6.10. The van der Waals surface area contributed by atoms with Crippen molar-refractivity contribution in [3.63, 3.8) is 0 Å². The van der Waals surface area contributed by atoms with Crippen LogP contribution in [-0.2, 0) is 25.0 Å². The number of hydrogen-bond acceptors (Lipinski definition) is 2. The molecule has 38 heavy (non-hydrogen) atoms. The number of hydrogen-bond donors (Lipinski definition) is 0. The molecule has 0 radical (unpaired) electrons. The minimum Gasteiger partial charge on any atom is -0.844 e. The first-order valence-electron chi connectivity index (χ1n) is 14.0. The molecule has 1 aromatic rings. The van der Waals surface area contributed by atoms with Gasteiger partial charge in [0.1, 0.15) is 0 Å². The fourth-order valence-electron chi connectivity index (χ4n) is 8.40. The summed E-state index contributed by atoms with van der Waals surface area (Å²) < 4.78 is 0. The van der Waals surface area contributed by atoms with Crippen LogP contribution in [0.15, 0.2) is 12.1 Å². The van der Waals surface area contributed by atoms with Gasteiger partial charge in [-0.15, -0.1) is 5.46 Å². The first-order chi connectivity index (χ1) is 15.5. The second-order valence-corrected chi connectivity index (χ2v) is 52.8. The van der Waals surface area contributed by atoms with Gasteiger partial charge in [-0.3, -0.25) is 0 Å². The molecule has 0 amide bonds. The molecule has 0 aliphatic carbocycles. The van der Waals surface area contributed by atoms with Crippen molar-refractivity contribution in [2.45, 2.75) is 133 Å². The van der Waals surface area contributed by atoms with Crippen molar-refractivity contribution in [2.75, 3.05) is 0 Å². The second-order valence-electron chi connectivity index (χ2n) is 17.9. The Kier molecular flexibility index (Phi) is 15.8. The van der Waals surface area contributed by atoms with Crippen LogP contribution in [0.5, 0.6) is 0 Å². The average Bonchev–Trinajstić information content (AvgIpc) is 2.44. The van der Waals surface area contributed by atoms with E-state index < -0.39 is 48.4 Å². The molecule has 0 bridgehead atoms. The van der Waals surface area contributed by atoms with E-state index in [1.165, 1.54) is 5.46 Å². The maximum absolute atomic E-state index is 6.10. The van der Waals surface area contributed by atoms with Crippen LogP contribution in [-0.4, -0.2) is 53.7 Å². The molecular weight excluding hydrogens is 582 g/mol. The van der Waals surface area contributed by atoms with Crippen LogP contribution in [0.3, 0.4) is 0 Å². The molecule has 0 nitrogen and oxygen atoms in total. The van der Waals surface area contributed by atoms with Gasteiger partial charge in [-0.05, 0) is 21.1 Å². The smallest absolute Gasteiger partial charge is 0.844 e. The molecule has 0 unspecified atom stereocenters. The monoisotopic (exact) mass is 640 g/mol. The normalized spacial score (nSPS) is 14.1. The first-order valence-corrected chi connectivity index (χ1v) is 36.4. The summed E-state index contributed by atoms with van der Waals surface area (Å²) in [4.78, 5) is 0. The zero-order valence-corrected chi connectivity index (χ0v) is 36.9. The predicted octanol–water partition coefficient (Wildman–Crippen LogP) is 3.00. The summed E-state index contributed by atoms with van der Waals surface area (Å²) in [5.41, 5.74) is 6.30. The van der Waals surface area contributed by atoms with Gasteiger partial charge in [0.15, 0.2) is 0 Å². The molecule has 0 saturated heterocycles. The first kappa shape index (κ1) is 42.6. The third-order valence-electron chi connectivity index (χ3n) is 7.65. The van der Waals surface area contributed by atoms with E-state index in [9.17, 15) is 0 Å². The van der Waals surface area contributed by atoms with Crippen molar-refractivity contribution >= 4 is 84.1 Å². The molecule has 0 fully saturated rings. The van der Waals surface area contributed by atoms with Gasteiger partial charge in [0.2, 0.25) is 0 Å². The summed E-state index contributed by atoms with van der Waals surface area (Å²) in [5, 5.41) is 1.82. The molecule has 1 aromatic carbocycles. The summed E-state index contributed by atoms with van der Waals surface area (Å²) in [6.07, 6.45) is 0. The maximum Gasteiger partial charge on any atom is 1.00 e. The van der Waals surface area contributed by atoms with Gasteiger partial charge in [-0.25, -0.2) is 0 Å². The van der Waals surface area contributed by atoms with Crippen molar-refractivity contribution in [2.24, 2.45) is 0 Å². The van der Waals surface area contributed by atoms with Crippen molar-refractivity contribution in [3.8, 4) is 0 Å². The molecular formula is C27H59BLi2S2Si6. The molecule has 208 valence electrons. The van der Waals surface area contributed by atoms with Crippen LogP contribution < -0.4 is 43.2 Å². The topological polar surface area (TPSA) is 0 Å². The van der Waals surface area contributed by atoms with Crippen LogP contribution >= 0.6 is 0 Å². The van der Waals surface area contributed by atoms with Crippen molar-refractivity contribution < 1.29 is 37.7 Å². The Labute approximate surface area is 281 Å². The minimum atomic E-state index is -1.52. The quantitative estimate of drug-likeness (QED) is 0.285. The van der Waals surface area contributed by atoms with E-state index in [0.29, 0.717) is 10.3 Å². The van der Waals surface area contributed by atoms with Crippen LogP contribution in [0, 0.1) is 0 Å². The fourth-order valence-corrected chi connectivity index (χ4v) is 47.1. The Hall–Kier alpha value is 2.48. The molecule has 1 rings (SSSR count). The van der Waals surface area contributed by atoms with E-state index in [4.69, 9.17) is 25.0 Å². The van der Waals surface area contributed by atoms with Gasteiger partial charge in [-0.1, -0.05) is 141 Å². The van der Waals surface area contributed by atoms with Gasteiger partial charge in [0, 0.05) is 48.4 Å². The van der Waals surface area contributed by atoms with Crippen LogP contribution in [0.1, 0.15) is 32.2 Å². The van der Waals surface area contributed by atoms with E-state index >= 15 is 0 Å². The molecule has 0 aliphatic rings. The molecule has 0 aliphatic heterocycles. The van der Waals surface area contributed by atoms with Crippen LogP contribution in [0.2, 0.25) is 118 Å². The van der Waals surface area contributed by atoms with E-state index in [-0.39, 0.29) is 43.0 Å². The molecule has 0 atom stereocenters. The summed E-state index contributed by atoms with van der Waals surface area (Å²) in [7, 11) is -9.00. The predicted molar refractivity (Wildman–Crippen MR) is 195 cm³/mol. The standard InChI is InChI=1S/C27H59BS2Si6.2Li/c1-31(2,3)25(32(4,5)6)21-19-22(26(33(7,8)9)34(10,11)12)24(28(29)30)23(20-21)27(35(13,14)15)36(16,17)18;;/h19-20,25-27H,1-18H3;;/q-2;2*+1. The number of benzene rings is 1. The summed E-state index contributed by atoms with van der Waals surface area (Å²) in [6, 6.07) is 5.41. The van der Waals surface area contributed by atoms with E-state index in [1.807, 2.05) is 0 Å². The van der Waals surface area contributed by atoms with Gasteiger partial charge >= 0.3 is 37.7 Å². The molecule has 11 heteroatoms. The Balaban J connectivity index is 0. The Morgan fingerprint density at radius 2 is 0.658 bits per heavy atom. The summed E-state index contributed by atoms with van der Waals surface area (Å²) in [6.45, 7) is 46.8. The van der Waals surface area contributed by atoms with Crippen molar-refractivity contribution in [3.05, 3.63) is 28.8 Å². The fraction of sp³-hybridized carbons (Fsp3) is 0.778. The van der Waals surface area contributed by atoms with Gasteiger partial charge < -0.3 is 25.0 Å². The zero-order chi connectivity index (χ0) is 29.0. The summed E-state index contributed by atoms with van der Waals surface area (Å²) >= 11 is 12.2. The molecule has 0 saturated carbocycles. The third-order valence-corrected chi connectivity index (χ3v) is 36.0. The largest absolute Gasteiger partial charge is 1.00 e. The van der Waals surface area contributed by atoms with Crippen molar-refractivity contribution in [1.29, 1.82) is 0 Å². The molecule has 0 spiro atoms. The summed E-state index contributed by atoms with van der Waals surface area (Å²) in [5.74, 6) is 0. The Morgan fingerprint density at radius 3 is 0.816 bits per heavy atom. The second kappa shape index (κ2) is 14.1. The zero-order valence-electron chi connectivity index (χ0n) is 29.3. The average molecular weight is 641 g/mol. The Bertz CT molecular complexity index is 823. The van der Waals surface area contributed by atoms with Gasteiger partial charge in [0.05, 0.1) is 0 Å². The van der Waals surface area contributed by atoms with E-state index in [2.05, 4.69) is 130 Å². The Morgan fingerprint density at radius 1 is 0.447 bits per heavy atom. The van der Waals surface area contributed by atoms with Gasteiger partial charge in [-0.2, -0.15) is 5.27 Å². The third kappa shape index (κ3) is 10.9. The van der Waals surface area contributed by atoms with Crippen molar-refractivity contribution in [1.82, 2.24) is 0 Å². The number of rotatable bonds is 10. The van der Waals surface area contributed by atoms with E-state index in [0.717, 1.165) is 5.16 Å². The molecule has 0 aromatic heterocycles. The molecule has 0 heterocycles. The van der Waals surface area contributed by atoms with Crippen LogP contribution in [0.25, 0.3) is 0 Å². The van der Waals surface area contributed by atoms with E-state index in [1.54, 1.807) is 16.7 Å². The van der Waals surface area contributed by atoms with Crippen LogP contribution in [0.4, 0.5) is 0 Å². The molecule has 0 N–H and O–H groups in total. The minimum absolute atomic E-state index is 0. The van der Waals surface area contributed by atoms with Gasteiger partial charge in [0.25, 0.3) is 0 Å². The SMILES string of the molecule is C[Si](C)(C)C(c1cc(C([Si](C)(C)C)[Si](C)(C)C)c(B([S-])[S-])c(C([Si](C)(C)C)[Si](C)(C)C)c1)[Si](C)(C)C.[Li+].[Li+].